The minimum absolute atomic E-state index is 0.0985. The maximum absolute atomic E-state index is 12.1. The molecule has 1 aliphatic heterocycles. The lowest BCUT2D eigenvalue weighted by molar-refractivity contribution is -0.152. The maximum atomic E-state index is 12.1. The van der Waals surface area contributed by atoms with E-state index >= 15 is 0 Å². The van der Waals surface area contributed by atoms with Crippen molar-refractivity contribution in [2.45, 2.75) is 53.1 Å². The Morgan fingerprint density at radius 2 is 1.90 bits per heavy atom. The molecule has 0 unspecified atom stereocenters. The van der Waals surface area contributed by atoms with E-state index in [0.717, 1.165) is 6.42 Å². The summed E-state index contributed by atoms with van der Waals surface area (Å²) < 4.78 is 10.5. The molecule has 1 saturated heterocycles. The van der Waals surface area contributed by atoms with Gasteiger partial charge in [-0.3, -0.25) is 4.79 Å². The van der Waals surface area contributed by atoms with Gasteiger partial charge in [-0.1, -0.05) is 13.3 Å². The molecule has 1 rings (SSSR count). The monoisotopic (exact) mass is 285 g/mol. The number of carbonyl (C=O) groups is 2. The molecule has 0 saturated carbocycles. The average Bonchev–Trinajstić information content (AvgIpc) is 2.36. The van der Waals surface area contributed by atoms with Gasteiger partial charge in [-0.15, -0.1) is 0 Å². The molecule has 0 N–H and O–H groups in total. The van der Waals surface area contributed by atoms with E-state index in [1.165, 1.54) is 0 Å². The highest BCUT2D eigenvalue weighted by atomic mass is 16.6. The van der Waals surface area contributed by atoms with E-state index in [4.69, 9.17) is 9.47 Å². The molecule has 1 fully saturated rings. The van der Waals surface area contributed by atoms with Gasteiger partial charge in [0.15, 0.2) is 0 Å². The van der Waals surface area contributed by atoms with Gasteiger partial charge < -0.3 is 14.4 Å². The van der Waals surface area contributed by atoms with Crippen LogP contribution in [-0.4, -0.2) is 42.3 Å². The van der Waals surface area contributed by atoms with Crippen molar-refractivity contribution in [1.29, 1.82) is 0 Å². The zero-order valence-corrected chi connectivity index (χ0v) is 13.3. The Bertz CT molecular complexity index is 348. The second kappa shape index (κ2) is 6.95. The van der Waals surface area contributed by atoms with Crippen LogP contribution in [-0.2, 0) is 14.3 Å². The number of amides is 1. The molecule has 0 aromatic rings. The van der Waals surface area contributed by atoms with Crippen molar-refractivity contribution >= 4 is 12.1 Å². The summed E-state index contributed by atoms with van der Waals surface area (Å²) in [7, 11) is 0. The zero-order chi connectivity index (χ0) is 15.3. The average molecular weight is 285 g/mol. The van der Waals surface area contributed by atoms with Crippen molar-refractivity contribution in [2.24, 2.45) is 11.8 Å². The van der Waals surface area contributed by atoms with Crippen molar-refractivity contribution in [3.63, 3.8) is 0 Å². The second-order valence-electron chi connectivity index (χ2n) is 6.24. The second-order valence-corrected chi connectivity index (χ2v) is 6.24. The summed E-state index contributed by atoms with van der Waals surface area (Å²) in [5.41, 5.74) is -0.489. The first-order chi connectivity index (χ1) is 9.28. The molecule has 0 radical (unpaired) electrons. The van der Waals surface area contributed by atoms with Crippen LogP contribution in [0.4, 0.5) is 4.79 Å². The number of hydrogen-bond acceptors (Lipinski definition) is 4. The van der Waals surface area contributed by atoms with Crippen LogP contribution in [0.15, 0.2) is 0 Å². The number of esters is 1. The summed E-state index contributed by atoms with van der Waals surface area (Å²) in [4.78, 5) is 25.7. The largest absolute Gasteiger partial charge is 0.466 e. The standard InChI is InChI=1S/C15H27NO4/c1-6-11-10-16(14(18)20-15(3,4)5)9-8-12(11)13(17)19-7-2/h11-12H,6-10H2,1-5H3/t11-,12-/m0/s1. The summed E-state index contributed by atoms with van der Waals surface area (Å²) in [5, 5.41) is 0. The summed E-state index contributed by atoms with van der Waals surface area (Å²) >= 11 is 0. The van der Waals surface area contributed by atoms with Crippen LogP contribution in [0.3, 0.4) is 0 Å². The Morgan fingerprint density at radius 1 is 1.25 bits per heavy atom. The van der Waals surface area contributed by atoms with Crippen molar-refractivity contribution in [3.8, 4) is 0 Å². The van der Waals surface area contributed by atoms with Crippen LogP contribution in [0.1, 0.15) is 47.5 Å². The zero-order valence-electron chi connectivity index (χ0n) is 13.3. The smallest absolute Gasteiger partial charge is 0.410 e. The van der Waals surface area contributed by atoms with Gasteiger partial charge in [0.25, 0.3) is 0 Å². The van der Waals surface area contributed by atoms with Crippen LogP contribution in [0.25, 0.3) is 0 Å². The van der Waals surface area contributed by atoms with E-state index in [1.54, 1.807) is 4.90 Å². The van der Waals surface area contributed by atoms with E-state index in [2.05, 4.69) is 0 Å². The Balaban J connectivity index is 2.63. The Morgan fingerprint density at radius 3 is 2.40 bits per heavy atom. The highest BCUT2D eigenvalue weighted by molar-refractivity contribution is 5.74. The lowest BCUT2D eigenvalue weighted by Crippen LogP contribution is -2.47. The van der Waals surface area contributed by atoms with Gasteiger partial charge in [0, 0.05) is 13.1 Å². The Kier molecular flexibility index (Phi) is 5.84. The van der Waals surface area contributed by atoms with Crippen LogP contribution < -0.4 is 0 Å². The predicted octanol–water partition coefficient (Wildman–Crippen LogP) is 2.83. The Labute approximate surface area is 121 Å². The van der Waals surface area contributed by atoms with E-state index < -0.39 is 5.60 Å². The first-order valence-corrected chi connectivity index (χ1v) is 7.43. The number of piperidine rings is 1. The van der Waals surface area contributed by atoms with Crippen molar-refractivity contribution in [1.82, 2.24) is 4.90 Å². The van der Waals surface area contributed by atoms with Gasteiger partial charge in [-0.2, -0.15) is 0 Å². The third-order valence-electron chi connectivity index (χ3n) is 3.50. The fourth-order valence-electron chi connectivity index (χ4n) is 2.50. The first-order valence-electron chi connectivity index (χ1n) is 7.43. The molecule has 0 aromatic heterocycles. The van der Waals surface area contributed by atoms with Gasteiger partial charge in [0.05, 0.1) is 12.5 Å². The summed E-state index contributed by atoms with van der Waals surface area (Å²) in [6.45, 7) is 10.9. The van der Waals surface area contributed by atoms with Gasteiger partial charge in [-0.25, -0.2) is 4.79 Å². The molecule has 1 heterocycles. The third-order valence-corrected chi connectivity index (χ3v) is 3.50. The van der Waals surface area contributed by atoms with Gasteiger partial charge >= 0.3 is 12.1 Å². The fraction of sp³-hybridized carbons (Fsp3) is 0.867. The SMILES string of the molecule is CCOC(=O)[C@H]1CCN(C(=O)OC(C)(C)C)C[C@@H]1CC. The maximum Gasteiger partial charge on any atom is 0.410 e. The summed E-state index contributed by atoms with van der Waals surface area (Å²) in [6, 6.07) is 0. The molecule has 0 spiro atoms. The van der Waals surface area contributed by atoms with Crippen molar-refractivity contribution in [3.05, 3.63) is 0 Å². The molecule has 5 heteroatoms. The first kappa shape index (κ1) is 16.8. The molecular formula is C15H27NO4. The van der Waals surface area contributed by atoms with Crippen LogP contribution in [0.5, 0.6) is 0 Å². The fourth-order valence-corrected chi connectivity index (χ4v) is 2.50. The molecule has 1 amide bonds. The molecule has 0 bridgehead atoms. The summed E-state index contributed by atoms with van der Waals surface area (Å²) in [5.74, 6) is -0.0860. The van der Waals surface area contributed by atoms with Crippen molar-refractivity contribution in [2.75, 3.05) is 19.7 Å². The summed E-state index contributed by atoms with van der Waals surface area (Å²) in [6.07, 6.45) is 1.21. The number of rotatable bonds is 3. The van der Waals surface area contributed by atoms with E-state index in [9.17, 15) is 9.59 Å². The topological polar surface area (TPSA) is 55.8 Å². The lowest BCUT2D eigenvalue weighted by atomic mass is 9.84. The molecule has 0 aromatic carbocycles. The van der Waals surface area contributed by atoms with Crippen LogP contribution in [0.2, 0.25) is 0 Å². The number of nitrogens with zero attached hydrogens (tertiary/aromatic N) is 1. The van der Waals surface area contributed by atoms with E-state index in [-0.39, 0.29) is 23.9 Å². The van der Waals surface area contributed by atoms with Crippen LogP contribution >= 0.6 is 0 Å². The molecule has 20 heavy (non-hydrogen) atoms. The highest BCUT2D eigenvalue weighted by Crippen LogP contribution is 2.28. The molecular weight excluding hydrogens is 258 g/mol. The molecule has 2 atom stereocenters. The third kappa shape index (κ3) is 4.69. The Hall–Kier alpha value is -1.26. The molecule has 5 nitrogen and oxygen atoms in total. The number of likely N-dealkylation sites (tertiary alicyclic amines) is 1. The number of ether oxygens (including phenoxy) is 2. The molecule has 0 aliphatic carbocycles. The quantitative estimate of drug-likeness (QED) is 0.748. The number of carbonyl (C=O) groups excluding carboxylic acids is 2. The number of hydrogen-bond donors (Lipinski definition) is 0. The predicted molar refractivity (Wildman–Crippen MR) is 76.3 cm³/mol. The molecule has 1 aliphatic rings. The van der Waals surface area contributed by atoms with Crippen LogP contribution in [0, 0.1) is 11.8 Å². The van der Waals surface area contributed by atoms with Gasteiger partial charge in [0.1, 0.15) is 5.60 Å². The minimum atomic E-state index is -0.489. The van der Waals surface area contributed by atoms with Crippen molar-refractivity contribution < 1.29 is 19.1 Å². The highest BCUT2D eigenvalue weighted by Gasteiger charge is 2.36. The van der Waals surface area contributed by atoms with E-state index in [1.807, 2.05) is 34.6 Å². The van der Waals surface area contributed by atoms with Gasteiger partial charge in [0.2, 0.25) is 0 Å². The molecule has 116 valence electrons. The minimum Gasteiger partial charge on any atom is -0.466 e. The normalized spacial score (nSPS) is 23.4. The van der Waals surface area contributed by atoms with E-state index in [0.29, 0.717) is 26.1 Å². The van der Waals surface area contributed by atoms with Gasteiger partial charge in [-0.05, 0) is 40.0 Å². The lowest BCUT2D eigenvalue weighted by Gasteiger charge is -2.37.